The van der Waals surface area contributed by atoms with E-state index in [1.165, 1.54) is 33.1 Å². The second-order valence-corrected chi connectivity index (χ2v) is 11.7. The Morgan fingerprint density at radius 3 is 2.55 bits per heavy atom. The minimum absolute atomic E-state index is 0.0970. The maximum absolute atomic E-state index is 13.0. The van der Waals surface area contributed by atoms with Gasteiger partial charge in [-0.15, -0.1) is 16.9 Å². The summed E-state index contributed by atoms with van der Waals surface area (Å²) in [5.41, 5.74) is 2.08. The molecule has 1 saturated heterocycles. The highest BCUT2D eigenvalue weighted by atomic mass is 32.2. The molecule has 2 aliphatic heterocycles. The first kappa shape index (κ1) is 30.6. The van der Waals surface area contributed by atoms with Gasteiger partial charge in [-0.1, -0.05) is 60.3 Å². The van der Waals surface area contributed by atoms with Gasteiger partial charge in [-0.2, -0.15) is 0 Å². The summed E-state index contributed by atoms with van der Waals surface area (Å²) in [5, 5.41) is 31.1. The fraction of sp³-hybridized carbons (Fsp3) is 0.259. The number of thioether (sulfide) groups is 2. The Labute approximate surface area is 259 Å². The number of aliphatic carboxylic acids is 1. The number of urea groups is 2. The van der Waals surface area contributed by atoms with Crippen molar-refractivity contribution in [2.45, 2.75) is 29.5 Å². The van der Waals surface area contributed by atoms with Crippen LogP contribution in [0.4, 0.5) is 15.3 Å². The molecule has 44 heavy (non-hydrogen) atoms. The predicted octanol–water partition coefficient (Wildman–Crippen LogP) is 1.31. The number of imide groups is 1. The Hall–Kier alpha value is -4.90. The molecule has 15 nitrogen and oxygen atoms in total. The first-order valence-corrected chi connectivity index (χ1v) is 15.3. The molecule has 2 unspecified atom stereocenters. The molecule has 3 aromatic rings. The minimum atomic E-state index is -1.23. The molecule has 2 atom stereocenters. The molecule has 1 fully saturated rings. The molecule has 5 rings (SSSR count). The Morgan fingerprint density at radius 2 is 1.82 bits per heavy atom. The van der Waals surface area contributed by atoms with Crippen molar-refractivity contribution in [2.24, 2.45) is 7.05 Å². The molecule has 2 aliphatic rings. The molecule has 3 heterocycles. The number of carboxylic acids is 1. The zero-order valence-corrected chi connectivity index (χ0v) is 24.9. The maximum atomic E-state index is 13.0. The number of anilines is 1. The van der Waals surface area contributed by atoms with E-state index in [0.717, 1.165) is 5.56 Å². The smallest absolute Gasteiger partial charge is 0.352 e. The monoisotopic (exact) mass is 637 g/mol. The van der Waals surface area contributed by atoms with E-state index in [2.05, 4.69) is 36.8 Å². The van der Waals surface area contributed by atoms with Gasteiger partial charge >= 0.3 is 18.0 Å². The van der Waals surface area contributed by atoms with E-state index in [4.69, 9.17) is 0 Å². The number of aromatic nitrogens is 4. The lowest BCUT2D eigenvalue weighted by Crippen LogP contribution is -2.70. The molecule has 5 N–H and O–H groups in total. The third kappa shape index (κ3) is 7.00. The number of carbonyl (C=O) groups excluding carboxylic acids is 4. The number of amides is 6. The number of benzene rings is 2. The van der Waals surface area contributed by atoms with Gasteiger partial charge in [0.1, 0.15) is 17.1 Å². The highest BCUT2D eigenvalue weighted by Crippen LogP contribution is 2.41. The molecule has 0 radical (unpaired) electrons. The van der Waals surface area contributed by atoms with Crippen LogP contribution in [-0.4, -0.2) is 83.0 Å². The molecule has 1 aromatic heterocycles. The first-order valence-electron chi connectivity index (χ1n) is 13.2. The van der Waals surface area contributed by atoms with Crippen molar-refractivity contribution in [3.63, 3.8) is 0 Å². The summed E-state index contributed by atoms with van der Waals surface area (Å²) in [6.07, 6.45) is -0.174. The third-order valence-corrected chi connectivity index (χ3v) is 9.10. The van der Waals surface area contributed by atoms with E-state index in [1.54, 1.807) is 31.3 Å². The number of carboxylic acid groups (broad SMARTS) is 1. The molecule has 0 aliphatic carbocycles. The van der Waals surface area contributed by atoms with Crippen molar-refractivity contribution in [1.82, 2.24) is 41.1 Å². The van der Waals surface area contributed by atoms with E-state index in [-0.39, 0.29) is 24.4 Å². The summed E-state index contributed by atoms with van der Waals surface area (Å²) in [5.74, 6) is -1.62. The number of nitrogens with one attached hydrogen (secondary N) is 4. The second kappa shape index (κ2) is 13.6. The lowest BCUT2D eigenvalue weighted by Gasteiger charge is -2.49. The zero-order chi connectivity index (χ0) is 31.2. The minimum Gasteiger partial charge on any atom is -0.477 e. The number of tetrazole rings is 1. The zero-order valence-electron chi connectivity index (χ0n) is 23.2. The van der Waals surface area contributed by atoms with Crippen molar-refractivity contribution < 1.29 is 29.1 Å². The number of para-hydroxylation sites is 1. The van der Waals surface area contributed by atoms with E-state index in [9.17, 15) is 29.1 Å². The van der Waals surface area contributed by atoms with Gasteiger partial charge in [-0.3, -0.25) is 19.8 Å². The summed E-state index contributed by atoms with van der Waals surface area (Å²) >= 11 is 2.62. The highest BCUT2D eigenvalue weighted by Gasteiger charge is 2.54. The Balaban J connectivity index is 1.15. The van der Waals surface area contributed by atoms with Gasteiger partial charge in [-0.25, -0.2) is 19.1 Å². The van der Waals surface area contributed by atoms with E-state index >= 15 is 0 Å². The number of hydrogen-bond donors (Lipinski definition) is 5. The molecule has 17 heteroatoms. The SMILES string of the molecule is Cn1nnnc1SCC1=C(C(=O)O)N2C(=O)C(NC(=O)Cc3ccccc3NC(=O)NC(=O)NCc3ccccc3)C2SC1. The maximum Gasteiger partial charge on any atom is 0.352 e. The molecule has 2 aromatic carbocycles. The summed E-state index contributed by atoms with van der Waals surface area (Å²) < 4.78 is 1.47. The van der Waals surface area contributed by atoms with E-state index in [1.807, 2.05) is 30.3 Å². The van der Waals surface area contributed by atoms with Crippen LogP contribution >= 0.6 is 23.5 Å². The summed E-state index contributed by atoms with van der Waals surface area (Å²) in [6.45, 7) is 0.234. The number of nitrogens with zero attached hydrogens (tertiary/aromatic N) is 5. The standard InChI is InChI=1S/C27H27N9O6S2/c1-35-27(32-33-34-35)44-14-17-13-43-23-20(22(38)36(23)21(17)24(39)40)30-19(37)11-16-9-5-6-10-18(16)29-26(42)31-25(41)28-12-15-7-3-2-4-8-15/h2-10,20,23H,11-14H2,1H3,(H,30,37)(H,39,40)(H3,28,29,31,41,42). The average Bonchev–Trinajstić information content (AvgIpc) is 3.42. The summed E-state index contributed by atoms with van der Waals surface area (Å²) in [4.78, 5) is 63.9. The van der Waals surface area contributed by atoms with Crippen LogP contribution in [0.25, 0.3) is 0 Å². The number of carbonyl (C=O) groups is 5. The molecule has 0 bridgehead atoms. The van der Waals surface area contributed by atoms with Crippen LogP contribution in [0.3, 0.4) is 0 Å². The molecule has 0 saturated carbocycles. The summed E-state index contributed by atoms with van der Waals surface area (Å²) in [7, 11) is 1.67. The van der Waals surface area contributed by atoms with Crippen molar-refractivity contribution >= 4 is 59.1 Å². The van der Waals surface area contributed by atoms with Crippen LogP contribution in [0.5, 0.6) is 0 Å². The van der Waals surface area contributed by atoms with Gasteiger partial charge in [0.25, 0.3) is 5.91 Å². The van der Waals surface area contributed by atoms with Crippen LogP contribution in [0.2, 0.25) is 0 Å². The van der Waals surface area contributed by atoms with Gasteiger partial charge in [0.2, 0.25) is 11.1 Å². The molecule has 0 spiro atoms. The third-order valence-electron chi connectivity index (χ3n) is 6.66. The Morgan fingerprint density at radius 1 is 1.07 bits per heavy atom. The number of fused-ring (bicyclic) bond motifs is 1. The van der Waals surface area contributed by atoms with Crippen LogP contribution in [0, 0.1) is 0 Å². The van der Waals surface area contributed by atoms with Crippen LogP contribution in [-0.2, 0) is 34.4 Å². The summed E-state index contributed by atoms with van der Waals surface area (Å²) in [6, 6.07) is 13.4. The molecule has 6 amide bonds. The Bertz CT molecular complexity index is 1630. The topological polar surface area (TPSA) is 201 Å². The molecular formula is C27H27N9O6S2. The molecule has 228 valence electrons. The number of rotatable bonds is 10. The van der Waals surface area contributed by atoms with Gasteiger partial charge in [0.15, 0.2) is 0 Å². The van der Waals surface area contributed by atoms with Crippen molar-refractivity contribution in [1.29, 1.82) is 0 Å². The fourth-order valence-electron chi connectivity index (χ4n) is 4.56. The second-order valence-electron chi connectivity index (χ2n) is 9.67. The lowest BCUT2D eigenvalue weighted by molar-refractivity contribution is -0.150. The van der Waals surface area contributed by atoms with Gasteiger partial charge < -0.3 is 21.1 Å². The number of hydrogen-bond acceptors (Lipinski definition) is 10. The van der Waals surface area contributed by atoms with Crippen molar-refractivity contribution in [3.05, 3.63) is 77.0 Å². The van der Waals surface area contributed by atoms with Gasteiger partial charge in [-0.05, 0) is 33.2 Å². The average molecular weight is 638 g/mol. The lowest BCUT2D eigenvalue weighted by atomic mass is 10.0. The van der Waals surface area contributed by atoms with Gasteiger partial charge in [0.05, 0.1) is 6.42 Å². The number of aryl methyl sites for hydroxylation is 1. The Kier molecular flexibility index (Phi) is 9.44. The first-order chi connectivity index (χ1) is 21.2. The van der Waals surface area contributed by atoms with Crippen LogP contribution < -0.4 is 21.3 Å². The quantitative estimate of drug-likeness (QED) is 0.159. The fourth-order valence-corrected chi connectivity index (χ4v) is 6.90. The van der Waals surface area contributed by atoms with Crippen molar-refractivity contribution in [2.75, 3.05) is 16.8 Å². The largest absolute Gasteiger partial charge is 0.477 e. The van der Waals surface area contributed by atoms with Crippen LogP contribution in [0.1, 0.15) is 11.1 Å². The predicted molar refractivity (Wildman–Crippen MR) is 160 cm³/mol. The van der Waals surface area contributed by atoms with Crippen LogP contribution in [0.15, 0.2) is 71.0 Å². The highest BCUT2D eigenvalue weighted by molar-refractivity contribution is 8.01. The van der Waals surface area contributed by atoms with E-state index < -0.39 is 41.3 Å². The molecular weight excluding hydrogens is 610 g/mol. The van der Waals surface area contributed by atoms with Gasteiger partial charge in [0, 0.05) is 30.8 Å². The van der Waals surface area contributed by atoms with Crippen molar-refractivity contribution in [3.8, 4) is 0 Å². The number of β-lactam (4-membered cyclic amide) rings is 1. The van der Waals surface area contributed by atoms with E-state index in [0.29, 0.717) is 27.7 Å². The normalized spacial score (nSPS) is 17.3.